The van der Waals surface area contributed by atoms with Gasteiger partial charge in [-0.15, -0.1) is 0 Å². The van der Waals surface area contributed by atoms with E-state index < -0.39 is 12.1 Å². The van der Waals surface area contributed by atoms with Crippen LogP contribution in [-0.4, -0.2) is 30.2 Å². The molecule has 2 N–H and O–H groups in total. The molecule has 0 aliphatic carbocycles. The Kier molecular flexibility index (Phi) is 5.32. The zero-order valence-corrected chi connectivity index (χ0v) is 10.5. The van der Waals surface area contributed by atoms with E-state index in [0.717, 1.165) is 5.56 Å². The van der Waals surface area contributed by atoms with Crippen molar-refractivity contribution in [2.75, 3.05) is 7.11 Å². The second-order valence-electron chi connectivity index (χ2n) is 3.85. The van der Waals surface area contributed by atoms with Crippen LogP contribution in [0.1, 0.15) is 29.3 Å². The average molecular weight is 251 g/mol. The number of methoxy groups -OCH3 is 1. The quantitative estimate of drug-likeness (QED) is 0.802. The number of nitrogens with one attached hydrogen (secondary N) is 1. The van der Waals surface area contributed by atoms with Gasteiger partial charge in [0.2, 0.25) is 5.91 Å². The highest BCUT2D eigenvalue weighted by molar-refractivity contribution is 5.87. The third-order valence-electron chi connectivity index (χ3n) is 2.62. The number of carbonyl (C=O) groups is 2. The zero-order valence-electron chi connectivity index (χ0n) is 10.5. The predicted octanol–water partition coefficient (Wildman–Crippen LogP) is 1.43. The first-order chi connectivity index (χ1) is 8.58. The summed E-state index contributed by atoms with van der Waals surface area (Å²) in [5.74, 6) is -1.13. The van der Waals surface area contributed by atoms with Gasteiger partial charge < -0.3 is 15.2 Å². The van der Waals surface area contributed by atoms with Crippen molar-refractivity contribution in [2.45, 2.75) is 26.0 Å². The number of aromatic carboxylic acids is 1. The molecule has 0 aliphatic heterocycles. The fourth-order valence-corrected chi connectivity index (χ4v) is 1.53. The maximum Gasteiger partial charge on any atom is 0.335 e. The van der Waals surface area contributed by atoms with Crippen molar-refractivity contribution >= 4 is 11.9 Å². The van der Waals surface area contributed by atoms with E-state index >= 15 is 0 Å². The van der Waals surface area contributed by atoms with Gasteiger partial charge in [0.05, 0.1) is 5.56 Å². The smallest absolute Gasteiger partial charge is 0.335 e. The Labute approximate surface area is 106 Å². The summed E-state index contributed by atoms with van der Waals surface area (Å²) in [7, 11) is 1.50. The molecule has 5 heteroatoms. The first kappa shape index (κ1) is 14.2. The molecule has 0 aromatic heterocycles. The van der Waals surface area contributed by atoms with Crippen LogP contribution in [0.15, 0.2) is 24.3 Å². The van der Waals surface area contributed by atoms with Gasteiger partial charge in [-0.05, 0) is 24.1 Å². The van der Waals surface area contributed by atoms with Crippen molar-refractivity contribution in [3.8, 4) is 0 Å². The molecule has 1 aromatic rings. The van der Waals surface area contributed by atoms with Gasteiger partial charge in [-0.25, -0.2) is 4.79 Å². The van der Waals surface area contributed by atoms with Crippen LogP contribution < -0.4 is 5.32 Å². The second kappa shape index (κ2) is 6.76. The van der Waals surface area contributed by atoms with Crippen LogP contribution in [0, 0.1) is 0 Å². The van der Waals surface area contributed by atoms with Gasteiger partial charge in [0.1, 0.15) is 6.10 Å². The first-order valence-corrected chi connectivity index (χ1v) is 5.71. The summed E-state index contributed by atoms with van der Waals surface area (Å²) in [5.41, 5.74) is 1.08. The van der Waals surface area contributed by atoms with E-state index in [9.17, 15) is 9.59 Å². The number of hydrogen-bond donors (Lipinski definition) is 2. The lowest BCUT2D eigenvalue weighted by molar-refractivity contribution is -0.131. The lowest BCUT2D eigenvalue weighted by Crippen LogP contribution is -2.34. The summed E-state index contributed by atoms with van der Waals surface area (Å²) in [4.78, 5) is 22.3. The number of carboxylic acid groups (broad SMARTS) is 1. The lowest BCUT2D eigenvalue weighted by Gasteiger charge is -2.13. The van der Waals surface area contributed by atoms with Gasteiger partial charge in [-0.2, -0.15) is 0 Å². The highest BCUT2D eigenvalue weighted by atomic mass is 16.5. The fourth-order valence-electron chi connectivity index (χ4n) is 1.53. The number of carbonyl (C=O) groups excluding carboxylic acids is 1. The molecular formula is C13H17NO4. The molecule has 18 heavy (non-hydrogen) atoms. The van der Waals surface area contributed by atoms with Crippen LogP contribution in [0.4, 0.5) is 0 Å². The standard InChI is InChI=1S/C13H17NO4/c1-3-11(18-2)12(15)14-8-9-4-6-10(7-5-9)13(16)17/h4-7,11H,3,8H2,1-2H3,(H,14,15)(H,16,17). The Morgan fingerprint density at radius 3 is 2.39 bits per heavy atom. The van der Waals surface area contributed by atoms with Crippen LogP contribution >= 0.6 is 0 Å². The first-order valence-electron chi connectivity index (χ1n) is 5.71. The number of rotatable bonds is 6. The number of amides is 1. The van der Waals surface area contributed by atoms with Crippen molar-refractivity contribution in [3.63, 3.8) is 0 Å². The molecule has 0 aliphatic rings. The van der Waals surface area contributed by atoms with E-state index in [1.807, 2.05) is 6.92 Å². The minimum atomic E-state index is -0.962. The van der Waals surface area contributed by atoms with Gasteiger partial charge in [0.25, 0.3) is 0 Å². The zero-order chi connectivity index (χ0) is 13.5. The molecule has 98 valence electrons. The van der Waals surface area contributed by atoms with Crippen LogP contribution in [0.3, 0.4) is 0 Å². The fraction of sp³-hybridized carbons (Fsp3) is 0.385. The highest BCUT2D eigenvalue weighted by Gasteiger charge is 2.14. The van der Waals surface area contributed by atoms with Crippen LogP contribution in [0.2, 0.25) is 0 Å². The molecule has 1 rings (SSSR count). The Hall–Kier alpha value is -1.88. The van der Waals surface area contributed by atoms with Crippen molar-refractivity contribution in [3.05, 3.63) is 35.4 Å². The average Bonchev–Trinajstić information content (AvgIpc) is 2.38. The van der Waals surface area contributed by atoms with Crippen molar-refractivity contribution in [1.82, 2.24) is 5.32 Å². The normalized spacial score (nSPS) is 11.9. The van der Waals surface area contributed by atoms with Gasteiger partial charge >= 0.3 is 5.97 Å². The van der Waals surface area contributed by atoms with Crippen molar-refractivity contribution < 1.29 is 19.4 Å². The molecule has 1 amide bonds. The minimum absolute atomic E-state index is 0.165. The van der Waals surface area contributed by atoms with Crippen LogP contribution in [-0.2, 0) is 16.1 Å². The van der Waals surface area contributed by atoms with Gasteiger partial charge in [0, 0.05) is 13.7 Å². The third-order valence-corrected chi connectivity index (χ3v) is 2.62. The molecular weight excluding hydrogens is 234 g/mol. The summed E-state index contributed by atoms with van der Waals surface area (Å²) < 4.78 is 5.01. The van der Waals surface area contributed by atoms with E-state index in [2.05, 4.69) is 5.32 Å². The molecule has 1 aromatic carbocycles. The molecule has 0 heterocycles. The second-order valence-corrected chi connectivity index (χ2v) is 3.85. The van der Waals surface area contributed by atoms with E-state index in [0.29, 0.717) is 13.0 Å². The molecule has 0 fully saturated rings. The molecule has 0 saturated carbocycles. The summed E-state index contributed by atoms with van der Waals surface area (Å²) in [6.45, 7) is 2.23. The van der Waals surface area contributed by atoms with Gasteiger partial charge in [-0.1, -0.05) is 19.1 Å². The third kappa shape index (κ3) is 3.85. The number of ether oxygens (including phenoxy) is 1. The largest absolute Gasteiger partial charge is 0.478 e. The molecule has 0 spiro atoms. The Morgan fingerprint density at radius 1 is 1.33 bits per heavy atom. The van der Waals surface area contributed by atoms with Gasteiger partial charge in [0.15, 0.2) is 0 Å². The monoisotopic (exact) mass is 251 g/mol. The van der Waals surface area contributed by atoms with E-state index in [4.69, 9.17) is 9.84 Å². The summed E-state index contributed by atoms with van der Waals surface area (Å²) in [5, 5.41) is 11.5. The SMILES string of the molecule is CCC(OC)C(=O)NCc1ccc(C(=O)O)cc1. The molecule has 5 nitrogen and oxygen atoms in total. The number of hydrogen-bond acceptors (Lipinski definition) is 3. The van der Waals surface area contributed by atoms with Crippen molar-refractivity contribution in [2.24, 2.45) is 0 Å². The maximum absolute atomic E-state index is 11.6. The summed E-state index contributed by atoms with van der Waals surface area (Å²) in [6, 6.07) is 6.38. The van der Waals surface area contributed by atoms with Crippen molar-refractivity contribution in [1.29, 1.82) is 0 Å². The lowest BCUT2D eigenvalue weighted by atomic mass is 10.1. The Morgan fingerprint density at radius 2 is 1.94 bits per heavy atom. The van der Waals surface area contributed by atoms with Crippen LogP contribution in [0.5, 0.6) is 0 Å². The summed E-state index contributed by atoms with van der Waals surface area (Å²) >= 11 is 0. The maximum atomic E-state index is 11.6. The highest BCUT2D eigenvalue weighted by Crippen LogP contribution is 2.05. The van der Waals surface area contributed by atoms with E-state index in [-0.39, 0.29) is 11.5 Å². The molecule has 1 unspecified atom stereocenters. The molecule has 0 radical (unpaired) electrons. The molecule has 0 bridgehead atoms. The van der Waals surface area contributed by atoms with Crippen LogP contribution in [0.25, 0.3) is 0 Å². The van der Waals surface area contributed by atoms with Gasteiger partial charge in [-0.3, -0.25) is 4.79 Å². The molecule has 0 saturated heterocycles. The predicted molar refractivity (Wildman–Crippen MR) is 66.3 cm³/mol. The summed E-state index contributed by atoms with van der Waals surface area (Å²) in [6.07, 6.45) is 0.170. The van der Waals surface area contributed by atoms with E-state index in [1.165, 1.54) is 19.2 Å². The number of carboxylic acids is 1. The Bertz CT molecular complexity index is 410. The van der Waals surface area contributed by atoms with E-state index in [1.54, 1.807) is 12.1 Å². The molecule has 1 atom stereocenters. The topological polar surface area (TPSA) is 75.6 Å². The minimum Gasteiger partial charge on any atom is -0.478 e. The number of benzene rings is 1. The Balaban J connectivity index is 2.53.